The van der Waals surface area contributed by atoms with Crippen LogP contribution in [0.1, 0.15) is 10.6 Å². The number of halogens is 2. The number of aromatic nitrogens is 5. The lowest BCUT2D eigenvalue weighted by Crippen LogP contribution is -2.49. The monoisotopic (exact) mass is 471 g/mol. The Balaban J connectivity index is 1.37. The van der Waals surface area contributed by atoms with Crippen molar-refractivity contribution in [1.29, 1.82) is 0 Å². The number of nitrogens with zero attached hydrogens (tertiary/aromatic N) is 7. The molecule has 0 bridgehead atoms. The number of piperazine rings is 1. The Kier molecular flexibility index (Phi) is 4.66. The predicted octanol–water partition coefficient (Wildman–Crippen LogP) is 2.67. The first kappa shape index (κ1) is 18.7. The molecular weight excluding hydrogens is 457 g/mol. The largest absolute Gasteiger partial charge is 0.444 e. The van der Waals surface area contributed by atoms with Crippen LogP contribution in [0.25, 0.3) is 16.9 Å². The van der Waals surface area contributed by atoms with E-state index >= 15 is 0 Å². The van der Waals surface area contributed by atoms with Crippen LogP contribution in [0.15, 0.2) is 51.8 Å². The Morgan fingerprint density at radius 2 is 1.80 bits per heavy atom. The number of hydrogen-bond donors (Lipinski definition) is 0. The van der Waals surface area contributed by atoms with Gasteiger partial charge in [-0.2, -0.15) is 4.68 Å². The van der Waals surface area contributed by atoms with E-state index in [1.165, 1.54) is 18.5 Å². The van der Waals surface area contributed by atoms with Gasteiger partial charge in [0.05, 0.1) is 5.69 Å². The van der Waals surface area contributed by atoms with Gasteiger partial charge < -0.3 is 14.2 Å². The van der Waals surface area contributed by atoms with Crippen LogP contribution in [-0.2, 0) is 0 Å². The van der Waals surface area contributed by atoms with Crippen LogP contribution in [0.4, 0.5) is 10.2 Å². The Hall–Kier alpha value is -3.34. The van der Waals surface area contributed by atoms with Gasteiger partial charge in [-0.15, -0.1) is 5.10 Å². The highest BCUT2D eigenvalue weighted by Gasteiger charge is 2.26. The highest BCUT2D eigenvalue weighted by molar-refractivity contribution is 9.10. The van der Waals surface area contributed by atoms with Gasteiger partial charge in [-0.25, -0.2) is 14.4 Å². The number of carbonyl (C=O) groups excluding carboxylic acids is 1. The van der Waals surface area contributed by atoms with Crippen molar-refractivity contribution in [3.8, 4) is 5.69 Å². The molecule has 1 aliphatic rings. The second-order valence-corrected chi connectivity index (χ2v) is 7.51. The van der Waals surface area contributed by atoms with Gasteiger partial charge in [-0.3, -0.25) is 4.79 Å². The topological polar surface area (TPSA) is 93.2 Å². The molecule has 0 unspecified atom stereocenters. The quantitative estimate of drug-likeness (QED) is 0.453. The molecule has 0 atom stereocenters. The molecule has 0 aliphatic carbocycles. The van der Waals surface area contributed by atoms with Crippen LogP contribution in [0, 0.1) is 5.82 Å². The molecule has 5 rings (SSSR count). The van der Waals surface area contributed by atoms with E-state index in [9.17, 15) is 9.18 Å². The van der Waals surface area contributed by atoms with Gasteiger partial charge >= 0.3 is 0 Å². The second kappa shape index (κ2) is 7.48. The van der Waals surface area contributed by atoms with Crippen molar-refractivity contribution < 1.29 is 13.6 Å². The van der Waals surface area contributed by atoms with E-state index in [0.717, 1.165) is 0 Å². The van der Waals surface area contributed by atoms with Crippen LogP contribution < -0.4 is 4.90 Å². The summed E-state index contributed by atoms with van der Waals surface area (Å²) in [5.41, 5.74) is 1.74. The summed E-state index contributed by atoms with van der Waals surface area (Å²) in [4.78, 5) is 25.1. The molecule has 30 heavy (non-hydrogen) atoms. The zero-order valence-corrected chi connectivity index (χ0v) is 17.2. The summed E-state index contributed by atoms with van der Waals surface area (Å²) in [5.74, 6) is 0.492. The molecule has 1 aromatic carbocycles. The van der Waals surface area contributed by atoms with Crippen LogP contribution in [-0.4, -0.2) is 61.9 Å². The number of benzene rings is 1. The molecule has 0 radical (unpaired) electrons. The maximum atomic E-state index is 13.2. The van der Waals surface area contributed by atoms with Crippen molar-refractivity contribution in [2.75, 3.05) is 31.1 Å². The van der Waals surface area contributed by atoms with Crippen molar-refractivity contribution in [1.82, 2.24) is 29.9 Å². The minimum Gasteiger partial charge on any atom is -0.444 e. The fraction of sp³-hybridized carbons (Fsp3) is 0.211. The molecule has 11 heteroatoms. The number of hydrogen-bond acceptors (Lipinski definition) is 7. The molecule has 1 amide bonds. The van der Waals surface area contributed by atoms with Crippen molar-refractivity contribution in [3.05, 3.63) is 59.0 Å². The molecule has 0 N–H and O–H groups in total. The van der Waals surface area contributed by atoms with Crippen LogP contribution in [0.3, 0.4) is 0 Å². The maximum Gasteiger partial charge on any atom is 0.289 e. The first-order valence-electron chi connectivity index (χ1n) is 9.22. The summed E-state index contributed by atoms with van der Waals surface area (Å²) in [5, 5.41) is 8.42. The van der Waals surface area contributed by atoms with Gasteiger partial charge in [0.2, 0.25) is 0 Å². The van der Waals surface area contributed by atoms with E-state index in [1.54, 1.807) is 33.8 Å². The number of fused-ring (bicyclic) bond motifs is 1. The first-order chi connectivity index (χ1) is 14.6. The standard InChI is InChI=1S/C19H15BrFN7O2/c20-15-6-5-14(30-15)19(29)27-9-7-26(8-10-27)17-16-18(23-11-22-17)28(25-24-16)13-3-1-12(21)2-4-13/h1-6,11H,7-10H2. The van der Waals surface area contributed by atoms with E-state index in [-0.39, 0.29) is 11.7 Å². The molecule has 1 fully saturated rings. The normalized spacial score (nSPS) is 14.5. The smallest absolute Gasteiger partial charge is 0.289 e. The van der Waals surface area contributed by atoms with Crippen LogP contribution >= 0.6 is 15.9 Å². The molecule has 152 valence electrons. The average molecular weight is 472 g/mol. The average Bonchev–Trinajstić information content (AvgIpc) is 3.40. The maximum absolute atomic E-state index is 13.2. The molecule has 1 aliphatic heterocycles. The molecular formula is C19H15BrFN7O2. The third kappa shape index (κ3) is 3.30. The van der Waals surface area contributed by atoms with Crippen molar-refractivity contribution in [3.63, 3.8) is 0 Å². The minimum atomic E-state index is -0.326. The summed E-state index contributed by atoms with van der Waals surface area (Å²) < 4.78 is 20.7. The molecule has 4 heterocycles. The zero-order chi connectivity index (χ0) is 20.7. The van der Waals surface area contributed by atoms with E-state index in [2.05, 4.69) is 41.1 Å². The van der Waals surface area contributed by atoms with Crippen molar-refractivity contribution in [2.45, 2.75) is 0 Å². The highest BCUT2D eigenvalue weighted by atomic mass is 79.9. The number of carbonyl (C=O) groups is 1. The summed E-state index contributed by atoms with van der Waals surface area (Å²) in [7, 11) is 0. The lowest BCUT2D eigenvalue weighted by atomic mass is 10.2. The minimum absolute atomic E-state index is 0.143. The third-order valence-electron chi connectivity index (χ3n) is 4.94. The summed E-state index contributed by atoms with van der Waals surface area (Å²) in [6.07, 6.45) is 1.46. The zero-order valence-electron chi connectivity index (χ0n) is 15.6. The van der Waals surface area contributed by atoms with Crippen molar-refractivity contribution in [2.24, 2.45) is 0 Å². The Labute approximate surface area is 178 Å². The summed E-state index contributed by atoms with van der Waals surface area (Å²) in [6.45, 7) is 2.22. The molecule has 0 spiro atoms. The summed E-state index contributed by atoms with van der Waals surface area (Å²) >= 11 is 3.22. The van der Waals surface area contributed by atoms with Gasteiger partial charge in [-0.05, 0) is 52.3 Å². The summed E-state index contributed by atoms with van der Waals surface area (Å²) in [6, 6.07) is 9.30. The Bertz CT molecular complexity index is 1220. The fourth-order valence-corrected chi connectivity index (χ4v) is 3.74. The second-order valence-electron chi connectivity index (χ2n) is 6.73. The van der Waals surface area contributed by atoms with Crippen molar-refractivity contribution >= 4 is 38.8 Å². The molecule has 0 saturated carbocycles. The SMILES string of the molecule is O=C(c1ccc(Br)o1)N1CCN(c2ncnc3c2nnn3-c2ccc(F)cc2)CC1. The molecule has 9 nitrogen and oxygen atoms in total. The number of anilines is 1. The van der Waals surface area contributed by atoms with Crippen LogP contribution in [0.5, 0.6) is 0 Å². The van der Waals surface area contributed by atoms with E-state index in [1.807, 2.05) is 0 Å². The van der Waals surface area contributed by atoms with E-state index in [0.29, 0.717) is 59.3 Å². The van der Waals surface area contributed by atoms with E-state index in [4.69, 9.17) is 4.42 Å². The Morgan fingerprint density at radius 1 is 1.03 bits per heavy atom. The van der Waals surface area contributed by atoms with Gasteiger partial charge in [0.1, 0.15) is 12.1 Å². The lowest BCUT2D eigenvalue weighted by Gasteiger charge is -2.34. The molecule has 1 saturated heterocycles. The van der Waals surface area contributed by atoms with Gasteiger partial charge in [0.25, 0.3) is 5.91 Å². The van der Waals surface area contributed by atoms with Gasteiger partial charge in [-0.1, -0.05) is 5.21 Å². The number of rotatable bonds is 3. The fourth-order valence-electron chi connectivity index (χ4n) is 3.43. The number of amides is 1. The molecule has 3 aromatic heterocycles. The van der Waals surface area contributed by atoms with Gasteiger partial charge in [0, 0.05) is 26.2 Å². The Morgan fingerprint density at radius 3 is 2.50 bits per heavy atom. The lowest BCUT2D eigenvalue weighted by molar-refractivity contribution is 0.0713. The molecule has 4 aromatic rings. The van der Waals surface area contributed by atoms with Gasteiger partial charge in [0.15, 0.2) is 27.4 Å². The van der Waals surface area contributed by atoms with E-state index < -0.39 is 0 Å². The van der Waals surface area contributed by atoms with Crippen LogP contribution in [0.2, 0.25) is 0 Å². The highest BCUT2D eigenvalue weighted by Crippen LogP contribution is 2.24. The first-order valence-corrected chi connectivity index (χ1v) is 10.0. The third-order valence-corrected chi connectivity index (χ3v) is 5.37. The number of furan rings is 1. The predicted molar refractivity (Wildman–Crippen MR) is 109 cm³/mol.